The summed E-state index contributed by atoms with van der Waals surface area (Å²) in [4.78, 5) is 16.5. The van der Waals surface area contributed by atoms with Crippen molar-refractivity contribution >= 4 is 24.0 Å². The number of amides is 1. The summed E-state index contributed by atoms with van der Waals surface area (Å²) < 4.78 is 0. The molecule has 0 saturated heterocycles. The van der Waals surface area contributed by atoms with Crippen LogP contribution in [-0.4, -0.2) is 23.4 Å². The number of benzene rings is 3. The van der Waals surface area contributed by atoms with E-state index in [0.29, 0.717) is 0 Å². The maximum absolute atomic E-state index is 12.0. The van der Waals surface area contributed by atoms with Gasteiger partial charge in [0, 0.05) is 6.21 Å². The van der Waals surface area contributed by atoms with Crippen LogP contribution in [-0.2, 0) is 0 Å². The fourth-order valence-corrected chi connectivity index (χ4v) is 2.56. The number of para-hydroxylation sites is 1. The second kappa shape index (κ2) is 8.77. The zero-order valence-electron chi connectivity index (χ0n) is 15.8. The van der Waals surface area contributed by atoms with Crippen molar-refractivity contribution in [3.05, 3.63) is 94.5 Å². The third-order valence-electron chi connectivity index (χ3n) is 4.18. The van der Waals surface area contributed by atoms with Crippen molar-refractivity contribution in [1.82, 2.24) is 5.43 Å². The maximum atomic E-state index is 12.0. The Morgan fingerprint density at radius 3 is 2.32 bits per heavy atom. The number of hydrogen-bond acceptors (Lipinski definition) is 4. The molecular formula is C23H21N3O2. The number of carbonyl (C=O) groups is 1. The minimum Gasteiger partial charge on any atom is -0.507 e. The van der Waals surface area contributed by atoms with E-state index in [2.05, 4.69) is 33.7 Å². The highest BCUT2D eigenvalue weighted by molar-refractivity contribution is 5.97. The lowest BCUT2D eigenvalue weighted by atomic mass is 10.1. The molecule has 2 N–H and O–H groups in total. The summed E-state index contributed by atoms with van der Waals surface area (Å²) in [5.41, 5.74) is 7.65. The van der Waals surface area contributed by atoms with Gasteiger partial charge in [-0.05, 0) is 54.3 Å². The normalized spacial score (nSPS) is 11.2. The van der Waals surface area contributed by atoms with Crippen LogP contribution >= 0.6 is 0 Å². The third-order valence-corrected chi connectivity index (χ3v) is 4.18. The zero-order chi connectivity index (χ0) is 19.9. The monoisotopic (exact) mass is 371 g/mol. The van der Waals surface area contributed by atoms with Crippen LogP contribution in [0.2, 0.25) is 0 Å². The van der Waals surface area contributed by atoms with Crippen molar-refractivity contribution in [1.29, 1.82) is 0 Å². The lowest BCUT2D eigenvalue weighted by molar-refractivity contribution is 0.0952. The summed E-state index contributed by atoms with van der Waals surface area (Å²) in [6.45, 7) is 4.08. The number of aliphatic imine (C=N–C) groups is 1. The van der Waals surface area contributed by atoms with Gasteiger partial charge in [0.2, 0.25) is 0 Å². The molecule has 5 nitrogen and oxygen atoms in total. The van der Waals surface area contributed by atoms with Crippen molar-refractivity contribution in [3.63, 3.8) is 0 Å². The molecule has 0 heterocycles. The minimum absolute atomic E-state index is 0.0808. The number of nitrogens with zero attached hydrogens (tertiary/aromatic N) is 2. The first kappa shape index (κ1) is 19.0. The highest BCUT2D eigenvalue weighted by atomic mass is 16.3. The largest absolute Gasteiger partial charge is 0.507 e. The highest BCUT2D eigenvalue weighted by Gasteiger charge is 2.08. The van der Waals surface area contributed by atoms with E-state index in [4.69, 9.17) is 0 Å². The van der Waals surface area contributed by atoms with Gasteiger partial charge in [-0.2, -0.15) is 5.10 Å². The van der Waals surface area contributed by atoms with Gasteiger partial charge in [0.05, 0.1) is 17.5 Å². The third kappa shape index (κ3) is 4.92. The molecule has 1 amide bonds. The van der Waals surface area contributed by atoms with E-state index in [1.807, 2.05) is 44.3 Å². The van der Waals surface area contributed by atoms with E-state index < -0.39 is 5.91 Å². The summed E-state index contributed by atoms with van der Waals surface area (Å²) in [6, 6.07) is 20.1. The molecule has 0 aliphatic carbocycles. The fourth-order valence-electron chi connectivity index (χ4n) is 2.56. The average Bonchev–Trinajstić information content (AvgIpc) is 2.70. The Labute approximate surface area is 164 Å². The second-order valence-electron chi connectivity index (χ2n) is 6.43. The quantitative estimate of drug-likeness (QED) is 0.511. The molecule has 0 saturated carbocycles. The summed E-state index contributed by atoms with van der Waals surface area (Å²) in [6.07, 6.45) is 3.37. The van der Waals surface area contributed by atoms with E-state index in [1.54, 1.807) is 18.3 Å². The smallest absolute Gasteiger partial charge is 0.275 e. The molecule has 0 unspecified atom stereocenters. The molecule has 3 rings (SSSR count). The molecule has 0 fully saturated rings. The van der Waals surface area contributed by atoms with Crippen LogP contribution in [0, 0.1) is 13.8 Å². The van der Waals surface area contributed by atoms with Gasteiger partial charge in [0.25, 0.3) is 5.91 Å². The molecule has 140 valence electrons. The number of phenolic OH excluding ortho intramolecular Hbond substituents is 1. The van der Waals surface area contributed by atoms with Crippen molar-refractivity contribution < 1.29 is 9.90 Å². The van der Waals surface area contributed by atoms with Gasteiger partial charge in [0.1, 0.15) is 5.75 Å². The number of phenols is 1. The first-order valence-electron chi connectivity index (χ1n) is 8.86. The predicted octanol–water partition coefficient (Wildman–Crippen LogP) is 4.52. The van der Waals surface area contributed by atoms with Gasteiger partial charge in [-0.25, -0.2) is 5.43 Å². The molecule has 28 heavy (non-hydrogen) atoms. The van der Waals surface area contributed by atoms with E-state index in [0.717, 1.165) is 22.4 Å². The van der Waals surface area contributed by atoms with Crippen LogP contribution in [0.3, 0.4) is 0 Å². The molecule has 5 heteroatoms. The van der Waals surface area contributed by atoms with Crippen LogP contribution < -0.4 is 5.43 Å². The topological polar surface area (TPSA) is 74.0 Å². The Morgan fingerprint density at radius 2 is 1.61 bits per heavy atom. The van der Waals surface area contributed by atoms with E-state index >= 15 is 0 Å². The molecule has 0 aliphatic rings. The molecule has 0 aliphatic heterocycles. The van der Waals surface area contributed by atoms with Crippen molar-refractivity contribution in [2.45, 2.75) is 13.8 Å². The fraction of sp³-hybridized carbons (Fsp3) is 0.0870. The summed E-state index contributed by atoms with van der Waals surface area (Å²) in [7, 11) is 0. The maximum Gasteiger partial charge on any atom is 0.275 e. The number of aromatic hydroxyl groups is 1. The Bertz CT molecular complexity index is 1040. The Hall–Kier alpha value is -3.73. The van der Waals surface area contributed by atoms with Gasteiger partial charge in [0.15, 0.2) is 0 Å². The van der Waals surface area contributed by atoms with Crippen LogP contribution in [0.4, 0.5) is 5.69 Å². The summed E-state index contributed by atoms with van der Waals surface area (Å²) in [5.74, 6) is -0.547. The molecule has 0 radical (unpaired) electrons. The minimum atomic E-state index is -0.466. The first-order valence-corrected chi connectivity index (χ1v) is 8.86. The number of rotatable bonds is 5. The van der Waals surface area contributed by atoms with Gasteiger partial charge in [-0.1, -0.05) is 48.5 Å². The van der Waals surface area contributed by atoms with Crippen LogP contribution in [0.25, 0.3) is 0 Å². The standard InChI is InChI=1S/C23H21N3O2/c1-16-7-8-17(2)21(13-16)24-14-18-9-11-19(12-10-18)15-25-26-23(28)20-5-3-4-6-22(20)27/h3-15,27H,1-2H3,(H,26,28). The van der Waals surface area contributed by atoms with E-state index in [-0.39, 0.29) is 11.3 Å². The van der Waals surface area contributed by atoms with Gasteiger partial charge >= 0.3 is 0 Å². The van der Waals surface area contributed by atoms with Gasteiger partial charge < -0.3 is 5.11 Å². The lowest BCUT2D eigenvalue weighted by Gasteiger charge is -2.02. The second-order valence-corrected chi connectivity index (χ2v) is 6.43. The number of hydrazone groups is 1. The summed E-state index contributed by atoms with van der Waals surface area (Å²) >= 11 is 0. The number of aryl methyl sites for hydroxylation is 2. The Balaban J connectivity index is 1.62. The SMILES string of the molecule is Cc1ccc(C)c(N=Cc2ccc(C=NNC(=O)c3ccccc3O)cc2)c1. The predicted molar refractivity (Wildman–Crippen MR) is 113 cm³/mol. The van der Waals surface area contributed by atoms with Crippen LogP contribution in [0.1, 0.15) is 32.6 Å². The van der Waals surface area contributed by atoms with Gasteiger partial charge in [-0.15, -0.1) is 0 Å². The molecule has 0 bridgehead atoms. The first-order chi connectivity index (χ1) is 13.5. The molecule has 0 aromatic heterocycles. The Kier molecular flexibility index (Phi) is 5.97. The van der Waals surface area contributed by atoms with Crippen molar-refractivity contribution in [2.24, 2.45) is 10.1 Å². The molecule has 0 atom stereocenters. The number of nitrogens with one attached hydrogen (secondary N) is 1. The van der Waals surface area contributed by atoms with Crippen LogP contribution in [0.5, 0.6) is 5.75 Å². The highest BCUT2D eigenvalue weighted by Crippen LogP contribution is 2.19. The van der Waals surface area contributed by atoms with Crippen LogP contribution in [0.15, 0.2) is 76.8 Å². The molecular weight excluding hydrogens is 350 g/mol. The van der Waals surface area contributed by atoms with E-state index in [1.165, 1.54) is 17.7 Å². The zero-order valence-corrected chi connectivity index (χ0v) is 15.8. The van der Waals surface area contributed by atoms with Gasteiger partial charge in [-0.3, -0.25) is 9.79 Å². The number of hydrogen-bond donors (Lipinski definition) is 2. The van der Waals surface area contributed by atoms with Crippen molar-refractivity contribution in [3.8, 4) is 5.75 Å². The molecule has 3 aromatic carbocycles. The lowest BCUT2D eigenvalue weighted by Crippen LogP contribution is -2.17. The summed E-state index contributed by atoms with van der Waals surface area (Å²) in [5, 5.41) is 13.6. The van der Waals surface area contributed by atoms with Crippen molar-refractivity contribution in [2.75, 3.05) is 0 Å². The molecule has 3 aromatic rings. The van der Waals surface area contributed by atoms with E-state index in [9.17, 15) is 9.90 Å². The average molecular weight is 371 g/mol. The number of carbonyl (C=O) groups excluding carboxylic acids is 1. The molecule has 0 spiro atoms. The Morgan fingerprint density at radius 1 is 0.929 bits per heavy atom.